The summed E-state index contributed by atoms with van der Waals surface area (Å²) in [6.07, 6.45) is 6.38. The molecule has 0 bridgehead atoms. The number of fused-ring (bicyclic) bond motifs is 1. The highest BCUT2D eigenvalue weighted by Crippen LogP contribution is 2.33. The molecule has 0 aliphatic rings. The number of amides is 2. The normalized spacial score (nSPS) is 12.1. The number of nitrogens with one attached hydrogen (secondary N) is 2. The van der Waals surface area contributed by atoms with Gasteiger partial charge in [-0.1, -0.05) is 36.4 Å². The number of pyridine rings is 2. The molecule has 0 fully saturated rings. The zero-order valence-corrected chi connectivity index (χ0v) is 18.5. The predicted molar refractivity (Wildman–Crippen MR) is 128 cm³/mol. The van der Waals surface area contributed by atoms with Gasteiger partial charge in [0.25, 0.3) is 0 Å². The number of para-hydroxylation sites is 1. The van der Waals surface area contributed by atoms with E-state index < -0.39 is 21.1 Å². The summed E-state index contributed by atoms with van der Waals surface area (Å²) in [4.78, 5) is 20.6. The molecule has 1 unspecified atom stereocenters. The molecule has 2 amide bonds. The third kappa shape index (κ3) is 4.91. The summed E-state index contributed by atoms with van der Waals surface area (Å²) in [6, 6.07) is 18.4. The van der Waals surface area contributed by atoms with E-state index >= 15 is 0 Å². The molecule has 2 aromatic heterocycles. The minimum absolute atomic E-state index is 0.127. The van der Waals surface area contributed by atoms with Gasteiger partial charge < -0.3 is 10.6 Å². The summed E-state index contributed by atoms with van der Waals surface area (Å²) in [5, 5.41) is 5.32. The van der Waals surface area contributed by atoms with Crippen LogP contribution in [-0.2, 0) is 16.4 Å². The molecule has 2 heterocycles. The van der Waals surface area contributed by atoms with E-state index in [1.165, 1.54) is 18.2 Å². The summed E-state index contributed by atoms with van der Waals surface area (Å²) < 4.78 is 26.8. The number of anilines is 1. The van der Waals surface area contributed by atoms with Crippen LogP contribution in [0.5, 0.6) is 0 Å². The van der Waals surface area contributed by atoms with Crippen LogP contribution >= 0.6 is 0 Å². The summed E-state index contributed by atoms with van der Waals surface area (Å²) in [5.41, 5.74) is 2.53. The van der Waals surface area contributed by atoms with Crippen molar-refractivity contribution in [3.05, 3.63) is 109 Å². The molecule has 1 atom stereocenters. The van der Waals surface area contributed by atoms with Crippen molar-refractivity contribution < 1.29 is 13.2 Å². The van der Waals surface area contributed by atoms with Crippen LogP contribution in [0.3, 0.4) is 0 Å². The second-order valence-electron chi connectivity index (χ2n) is 7.32. The van der Waals surface area contributed by atoms with Gasteiger partial charge in [-0.3, -0.25) is 9.97 Å². The van der Waals surface area contributed by atoms with Gasteiger partial charge in [0.2, 0.25) is 0 Å². The van der Waals surface area contributed by atoms with Crippen LogP contribution < -0.4 is 10.6 Å². The monoisotopic (exact) mass is 458 g/mol. The van der Waals surface area contributed by atoms with Gasteiger partial charge in [-0.25, -0.2) is 13.2 Å². The van der Waals surface area contributed by atoms with Crippen LogP contribution in [0.4, 0.5) is 10.5 Å². The van der Waals surface area contributed by atoms with Crippen LogP contribution in [-0.4, -0.2) is 24.4 Å². The molecule has 0 aliphatic heterocycles. The SMILES string of the molecule is C=CC(c1cccc2cccnc12)S(=O)(=O)c1ccc(NC(=O)NCc2cccnc2)cc1. The fraction of sp³-hybridized carbons (Fsp3) is 0.0800. The maximum atomic E-state index is 13.4. The summed E-state index contributed by atoms with van der Waals surface area (Å²) >= 11 is 0. The molecule has 0 saturated carbocycles. The first kappa shape index (κ1) is 22.2. The fourth-order valence-electron chi connectivity index (χ4n) is 3.51. The number of sulfone groups is 1. The van der Waals surface area contributed by atoms with E-state index in [-0.39, 0.29) is 4.90 Å². The first-order chi connectivity index (χ1) is 16.0. The number of hydrogen-bond donors (Lipinski definition) is 2. The van der Waals surface area contributed by atoms with Crippen molar-refractivity contribution in [1.82, 2.24) is 15.3 Å². The third-order valence-electron chi connectivity index (χ3n) is 5.14. The van der Waals surface area contributed by atoms with E-state index in [4.69, 9.17) is 0 Å². The second-order valence-corrected chi connectivity index (χ2v) is 9.39. The molecule has 2 N–H and O–H groups in total. The predicted octanol–water partition coefficient (Wildman–Crippen LogP) is 4.65. The second kappa shape index (κ2) is 9.62. The Balaban J connectivity index is 1.51. The molecule has 33 heavy (non-hydrogen) atoms. The topological polar surface area (TPSA) is 101 Å². The fourth-order valence-corrected chi connectivity index (χ4v) is 5.10. The lowest BCUT2D eigenvalue weighted by molar-refractivity contribution is 0.251. The van der Waals surface area contributed by atoms with Crippen molar-refractivity contribution in [2.24, 2.45) is 0 Å². The van der Waals surface area contributed by atoms with Crippen molar-refractivity contribution in [2.45, 2.75) is 16.7 Å². The lowest BCUT2D eigenvalue weighted by Crippen LogP contribution is -2.28. The molecule has 166 valence electrons. The molecular formula is C25H22N4O3S. The Morgan fingerprint density at radius 1 is 1.00 bits per heavy atom. The largest absolute Gasteiger partial charge is 0.334 e. The van der Waals surface area contributed by atoms with Gasteiger partial charge in [-0.2, -0.15) is 0 Å². The highest BCUT2D eigenvalue weighted by molar-refractivity contribution is 7.91. The third-order valence-corrected chi connectivity index (χ3v) is 7.18. The van der Waals surface area contributed by atoms with Gasteiger partial charge in [-0.15, -0.1) is 6.58 Å². The number of nitrogens with zero attached hydrogens (tertiary/aromatic N) is 2. The molecule has 0 aliphatic carbocycles. The van der Waals surface area contributed by atoms with Gasteiger partial charge in [0.1, 0.15) is 5.25 Å². The van der Waals surface area contributed by atoms with E-state index in [1.807, 2.05) is 30.3 Å². The first-order valence-electron chi connectivity index (χ1n) is 10.2. The maximum absolute atomic E-state index is 13.4. The van der Waals surface area contributed by atoms with Crippen LogP contribution in [0.2, 0.25) is 0 Å². The molecule has 0 radical (unpaired) electrons. The van der Waals surface area contributed by atoms with E-state index in [1.54, 1.807) is 42.9 Å². The molecule has 0 spiro atoms. The molecule has 4 aromatic rings. The van der Waals surface area contributed by atoms with E-state index in [2.05, 4.69) is 27.2 Å². The lowest BCUT2D eigenvalue weighted by atomic mass is 10.1. The minimum atomic E-state index is -3.78. The van der Waals surface area contributed by atoms with Gasteiger partial charge in [-0.05, 0) is 42.0 Å². The zero-order valence-electron chi connectivity index (χ0n) is 17.7. The van der Waals surface area contributed by atoms with E-state index in [0.29, 0.717) is 23.3 Å². The van der Waals surface area contributed by atoms with Gasteiger partial charge in [0.05, 0.1) is 10.4 Å². The molecule has 0 saturated heterocycles. The van der Waals surface area contributed by atoms with Crippen molar-refractivity contribution in [3.63, 3.8) is 0 Å². The van der Waals surface area contributed by atoms with Crippen molar-refractivity contribution in [2.75, 3.05) is 5.32 Å². The summed E-state index contributed by atoms with van der Waals surface area (Å²) in [5.74, 6) is 0. The average molecular weight is 459 g/mol. The van der Waals surface area contributed by atoms with E-state index in [9.17, 15) is 13.2 Å². The number of benzene rings is 2. The summed E-state index contributed by atoms with van der Waals surface area (Å²) in [7, 11) is -3.78. The minimum Gasteiger partial charge on any atom is -0.334 e. The number of aromatic nitrogens is 2. The Kier molecular flexibility index (Phi) is 6.46. The molecule has 4 rings (SSSR count). The lowest BCUT2D eigenvalue weighted by Gasteiger charge is -2.16. The Morgan fingerprint density at radius 2 is 1.76 bits per heavy atom. The maximum Gasteiger partial charge on any atom is 0.319 e. The summed E-state index contributed by atoms with van der Waals surface area (Å²) in [6.45, 7) is 4.09. The average Bonchev–Trinajstić information content (AvgIpc) is 2.84. The van der Waals surface area contributed by atoms with Crippen LogP contribution in [0.1, 0.15) is 16.4 Å². The first-order valence-corrected chi connectivity index (χ1v) is 11.8. The Morgan fingerprint density at radius 3 is 2.48 bits per heavy atom. The van der Waals surface area contributed by atoms with Gasteiger partial charge >= 0.3 is 6.03 Å². The molecular weight excluding hydrogens is 436 g/mol. The number of carbonyl (C=O) groups excluding carboxylic acids is 1. The van der Waals surface area contributed by atoms with Gasteiger partial charge in [0, 0.05) is 41.8 Å². The van der Waals surface area contributed by atoms with Gasteiger partial charge in [0.15, 0.2) is 9.84 Å². The Bertz CT molecular complexity index is 1380. The molecule has 7 nitrogen and oxygen atoms in total. The Hall–Kier alpha value is -4.04. The highest BCUT2D eigenvalue weighted by Gasteiger charge is 2.28. The van der Waals surface area contributed by atoms with E-state index in [0.717, 1.165) is 10.9 Å². The van der Waals surface area contributed by atoms with Crippen LogP contribution in [0.15, 0.2) is 103 Å². The number of carbonyl (C=O) groups is 1. The number of hydrogen-bond acceptors (Lipinski definition) is 5. The van der Waals surface area contributed by atoms with Crippen molar-refractivity contribution in [1.29, 1.82) is 0 Å². The number of urea groups is 1. The zero-order chi connectivity index (χ0) is 23.3. The standard InChI is InChI=1S/C25H22N4O3S/c1-2-23(22-9-3-7-19-8-5-15-27-24(19)22)33(31,32)21-12-10-20(11-13-21)29-25(30)28-17-18-6-4-14-26-16-18/h2-16,23H,1,17H2,(H2,28,29,30). The number of rotatable bonds is 7. The van der Waals surface area contributed by atoms with Crippen LogP contribution in [0, 0.1) is 0 Å². The molecule has 8 heteroatoms. The van der Waals surface area contributed by atoms with Crippen LogP contribution in [0.25, 0.3) is 10.9 Å². The smallest absolute Gasteiger partial charge is 0.319 e. The van der Waals surface area contributed by atoms with Crippen molar-refractivity contribution in [3.8, 4) is 0 Å². The Labute approximate surface area is 192 Å². The van der Waals surface area contributed by atoms with Crippen molar-refractivity contribution >= 4 is 32.5 Å². The quantitative estimate of drug-likeness (QED) is 0.393. The molecule has 2 aromatic carbocycles. The highest BCUT2D eigenvalue weighted by atomic mass is 32.2.